The summed E-state index contributed by atoms with van der Waals surface area (Å²) in [4.78, 5) is 26.2. The third kappa shape index (κ3) is 4.32. The van der Waals surface area contributed by atoms with Gasteiger partial charge in [-0.1, -0.05) is 22.0 Å². The maximum atomic E-state index is 12.0. The number of aromatic nitrogens is 1. The molecule has 2 N–H and O–H groups in total. The number of nitrogens with one attached hydrogen (secondary N) is 2. The molecule has 0 radical (unpaired) electrons. The molecule has 0 saturated carbocycles. The quantitative estimate of drug-likeness (QED) is 0.620. The summed E-state index contributed by atoms with van der Waals surface area (Å²) in [6.07, 6.45) is 0.879. The number of amides is 1. The predicted molar refractivity (Wildman–Crippen MR) is 84.2 cm³/mol. The van der Waals surface area contributed by atoms with E-state index in [2.05, 4.69) is 26.2 Å². The zero-order valence-electron chi connectivity index (χ0n) is 11.7. The molecule has 0 fully saturated rings. The minimum atomic E-state index is -0.234. The van der Waals surface area contributed by atoms with Gasteiger partial charge in [0, 0.05) is 28.3 Å². The van der Waals surface area contributed by atoms with Gasteiger partial charge in [-0.15, -0.1) is 0 Å². The van der Waals surface area contributed by atoms with Crippen LogP contribution in [-0.2, 0) is 9.53 Å². The Morgan fingerprint density at radius 3 is 2.90 bits per heavy atom. The first-order valence-electron chi connectivity index (χ1n) is 6.82. The molecule has 21 heavy (non-hydrogen) atoms. The normalized spacial score (nSPS) is 10.6. The molecule has 112 valence electrons. The van der Waals surface area contributed by atoms with Gasteiger partial charge in [0.25, 0.3) is 5.91 Å². The van der Waals surface area contributed by atoms with Crippen molar-refractivity contribution in [1.29, 1.82) is 0 Å². The number of ether oxygens (including phenoxy) is 1. The predicted octanol–water partition coefficient (Wildman–Crippen LogP) is 3.00. The van der Waals surface area contributed by atoms with Crippen LogP contribution in [0.2, 0.25) is 0 Å². The fourth-order valence-corrected chi connectivity index (χ4v) is 2.35. The number of esters is 1. The number of carbonyl (C=O) groups excluding carboxylic acids is 2. The lowest BCUT2D eigenvalue weighted by atomic mass is 10.2. The molecular weight excluding hydrogens is 336 g/mol. The highest BCUT2D eigenvalue weighted by atomic mass is 79.9. The maximum Gasteiger partial charge on any atom is 0.305 e. The van der Waals surface area contributed by atoms with E-state index in [0.717, 1.165) is 15.4 Å². The smallest absolute Gasteiger partial charge is 0.305 e. The largest absolute Gasteiger partial charge is 0.466 e. The Bertz CT molecular complexity index is 651. The molecule has 2 aromatic rings. The zero-order valence-corrected chi connectivity index (χ0v) is 13.3. The molecule has 0 atom stereocenters. The molecule has 0 bridgehead atoms. The molecule has 6 heteroatoms. The molecule has 1 heterocycles. The fourth-order valence-electron chi connectivity index (χ4n) is 1.98. The first-order valence-corrected chi connectivity index (χ1v) is 7.61. The number of fused-ring (bicyclic) bond motifs is 1. The van der Waals surface area contributed by atoms with Crippen LogP contribution >= 0.6 is 15.9 Å². The van der Waals surface area contributed by atoms with Crippen LogP contribution in [0.1, 0.15) is 30.3 Å². The first kappa shape index (κ1) is 15.6. The second kappa shape index (κ2) is 7.26. The standard InChI is InChI=1S/C15H17BrN2O3/c1-2-21-14(19)4-3-7-17-15(20)13-8-10-5-6-11(16)9-12(10)18-13/h5-6,8-9,18H,2-4,7H2,1H3,(H,17,20). The van der Waals surface area contributed by atoms with Gasteiger partial charge in [0.2, 0.25) is 0 Å². The number of carbonyl (C=O) groups is 2. The number of H-pyrrole nitrogens is 1. The average Bonchev–Trinajstić information content (AvgIpc) is 2.86. The SMILES string of the molecule is CCOC(=O)CCCNC(=O)c1cc2ccc(Br)cc2[nH]1. The van der Waals surface area contributed by atoms with Crippen molar-refractivity contribution in [3.8, 4) is 0 Å². The summed E-state index contributed by atoms with van der Waals surface area (Å²) in [5.74, 6) is -0.409. The lowest BCUT2D eigenvalue weighted by molar-refractivity contribution is -0.143. The van der Waals surface area contributed by atoms with E-state index in [1.807, 2.05) is 24.3 Å². The van der Waals surface area contributed by atoms with Gasteiger partial charge in [-0.05, 0) is 31.5 Å². The van der Waals surface area contributed by atoms with Gasteiger partial charge in [-0.3, -0.25) is 9.59 Å². The minimum absolute atomic E-state index is 0.175. The van der Waals surface area contributed by atoms with Crippen LogP contribution in [0.3, 0.4) is 0 Å². The number of hydrogen-bond donors (Lipinski definition) is 2. The highest BCUT2D eigenvalue weighted by Crippen LogP contribution is 2.20. The van der Waals surface area contributed by atoms with Crippen LogP contribution in [0.5, 0.6) is 0 Å². The van der Waals surface area contributed by atoms with Crippen molar-refractivity contribution in [1.82, 2.24) is 10.3 Å². The Kier molecular flexibility index (Phi) is 5.38. The molecule has 1 amide bonds. The van der Waals surface area contributed by atoms with Crippen LogP contribution in [0, 0.1) is 0 Å². The minimum Gasteiger partial charge on any atom is -0.466 e. The van der Waals surface area contributed by atoms with Crippen molar-refractivity contribution in [3.05, 3.63) is 34.4 Å². The number of halogens is 1. The number of hydrogen-bond acceptors (Lipinski definition) is 3. The highest BCUT2D eigenvalue weighted by Gasteiger charge is 2.09. The molecule has 0 aliphatic carbocycles. The summed E-state index contributed by atoms with van der Waals surface area (Å²) in [5.41, 5.74) is 1.42. The van der Waals surface area contributed by atoms with E-state index in [1.54, 1.807) is 6.92 Å². The summed E-state index contributed by atoms with van der Waals surface area (Å²) in [6.45, 7) is 2.60. The molecule has 1 aromatic heterocycles. The van der Waals surface area contributed by atoms with E-state index >= 15 is 0 Å². The van der Waals surface area contributed by atoms with Crippen LogP contribution < -0.4 is 5.32 Å². The summed E-state index contributed by atoms with van der Waals surface area (Å²) >= 11 is 3.39. The number of benzene rings is 1. The van der Waals surface area contributed by atoms with Crippen molar-refractivity contribution in [2.24, 2.45) is 0 Å². The summed E-state index contributed by atoms with van der Waals surface area (Å²) in [5, 5.41) is 3.76. The Hall–Kier alpha value is -1.82. The summed E-state index contributed by atoms with van der Waals surface area (Å²) in [6, 6.07) is 7.60. The van der Waals surface area contributed by atoms with E-state index in [9.17, 15) is 9.59 Å². The van der Waals surface area contributed by atoms with Gasteiger partial charge >= 0.3 is 5.97 Å². The third-order valence-electron chi connectivity index (χ3n) is 2.98. The van der Waals surface area contributed by atoms with Crippen LogP contribution in [0.4, 0.5) is 0 Å². The van der Waals surface area contributed by atoms with Gasteiger partial charge in [-0.2, -0.15) is 0 Å². The van der Waals surface area contributed by atoms with Crippen molar-refractivity contribution >= 4 is 38.7 Å². The summed E-state index contributed by atoms with van der Waals surface area (Å²) < 4.78 is 5.78. The Labute approximate surface area is 131 Å². The topological polar surface area (TPSA) is 71.2 Å². The maximum absolute atomic E-state index is 12.0. The molecule has 0 aliphatic rings. The van der Waals surface area contributed by atoms with Crippen molar-refractivity contribution < 1.29 is 14.3 Å². The lowest BCUT2D eigenvalue weighted by Gasteiger charge is -2.03. The highest BCUT2D eigenvalue weighted by molar-refractivity contribution is 9.10. The Morgan fingerprint density at radius 1 is 1.33 bits per heavy atom. The Morgan fingerprint density at radius 2 is 2.14 bits per heavy atom. The van der Waals surface area contributed by atoms with Gasteiger partial charge in [0.05, 0.1) is 6.61 Å². The monoisotopic (exact) mass is 352 g/mol. The summed E-state index contributed by atoms with van der Waals surface area (Å²) in [7, 11) is 0. The molecule has 5 nitrogen and oxygen atoms in total. The third-order valence-corrected chi connectivity index (χ3v) is 3.47. The van der Waals surface area contributed by atoms with E-state index in [1.165, 1.54) is 0 Å². The van der Waals surface area contributed by atoms with Crippen molar-refractivity contribution in [2.75, 3.05) is 13.2 Å². The van der Waals surface area contributed by atoms with E-state index < -0.39 is 0 Å². The second-order valence-electron chi connectivity index (χ2n) is 4.58. The Balaban J connectivity index is 1.86. The lowest BCUT2D eigenvalue weighted by Crippen LogP contribution is -2.25. The van der Waals surface area contributed by atoms with Gasteiger partial charge in [-0.25, -0.2) is 0 Å². The van der Waals surface area contributed by atoms with Gasteiger partial charge in [0.1, 0.15) is 5.69 Å². The zero-order chi connectivity index (χ0) is 15.2. The molecule has 0 unspecified atom stereocenters. The first-order chi connectivity index (χ1) is 10.1. The molecule has 2 rings (SSSR count). The molecule has 0 aliphatic heterocycles. The van der Waals surface area contributed by atoms with Crippen molar-refractivity contribution in [2.45, 2.75) is 19.8 Å². The van der Waals surface area contributed by atoms with E-state index in [0.29, 0.717) is 31.7 Å². The molecule has 1 aromatic carbocycles. The fraction of sp³-hybridized carbons (Fsp3) is 0.333. The van der Waals surface area contributed by atoms with Gasteiger partial charge < -0.3 is 15.0 Å². The van der Waals surface area contributed by atoms with Gasteiger partial charge in [0.15, 0.2) is 0 Å². The number of rotatable bonds is 6. The molecule has 0 saturated heterocycles. The number of aromatic amines is 1. The van der Waals surface area contributed by atoms with E-state index in [-0.39, 0.29) is 11.9 Å². The van der Waals surface area contributed by atoms with Crippen LogP contribution in [0.15, 0.2) is 28.7 Å². The van der Waals surface area contributed by atoms with Crippen LogP contribution in [0.25, 0.3) is 10.9 Å². The molecule has 0 spiro atoms. The van der Waals surface area contributed by atoms with Crippen molar-refractivity contribution in [3.63, 3.8) is 0 Å². The average molecular weight is 353 g/mol. The second-order valence-corrected chi connectivity index (χ2v) is 5.49. The van der Waals surface area contributed by atoms with E-state index in [4.69, 9.17) is 4.74 Å². The van der Waals surface area contributed by atoms with Crippen LogP contribution in [-0.4, -0.2) is 30.0 Å². The molecular formula is C15H17BrN2O3.